The fourth-order valence-corrected chi connectivity index (χ4v) is 3.36. The van der Waals surface area contributed by atoms with Gasteiger partial charge in [-0.1, -0.05) is 25.8 Å². The maximum absolute atomic E-state index is 12.3. The molecule has 0 unspecified atom stereocenters. The second-order valence-corrected chi connectivity index (χ2v) is 6.74. The van der Waals surface area contributed by atoms with Crippen molar-refractivity contribution in [3.8, 4) is 5.75 Å². The van der Waals surface area contributed by atoms with Crippen molar-refractivity contribution < 1.29 is 14.3 Å². The fraction of sp³-hybridized carbons (Fsp3) is 0.556. The van der Waals surface area contributed by atoms with Gasteiger partial charge >= 0.3 is 0 Å². The fourth-order valence-electron chi connectivity index (χ4n) is 3.36. The zero-order chi connectivity index (χ0) is 16.4. The minimum Gasteiger partial charge on any atom is -0.478 e. The lowest BCUT2D eigenvalue weighted by Crippen LogP contribution is -2.45. The van der Waals surface area contributed by atoms with Crippen LogP contribution in [0.3, 0.4) is 0 Å². The minimum absolute atomic E-state index is 0.0579. The Morgan fingerprint density at radius 3 is 2.91 bits per heavy atom. The number of hydrogen-bond donors (Lipinski definition) is 2. The molecule has 23 heavy (non-hydrogen) atoms. The minimum atomic E-state index is -0.760. The van der Waals surface area contributed by atoms with Gasteiger partial charge < -0.3 is 15.4 Å². The maximum Gasteiger partial charge on any atom is 0.266 e. The number of anilines is 1. The number of fused-ring (bicyclic) bond motifs is 1. The number of hydrogen-bond acceptors (Lipinski definition) is 3. The van der Waals surface area contributed by atoms with Gasteiger partial charge in [0, 0.05) is 6.04 Å². The number of rotatable bonds is 3. The van der Waals surface area contributed by atoms with Gasteiger partial charge in [-0.05, 0) is 43.4 Å². The van der Waals surface area contributed by atoms with Gasteiger partial charge in [-0.15, -0.1) is 0 Å². The highest BCUT2D eigenvalue weighted by atomic mass is 16.5. The molecule has 0 radical (unpaired) electrons. The van der Waals surface area contributed by atoms with Gasteiger partial charge in [0.25, 0.3) is 5.91 Å². The van der Waals surface area contributed by atoms with Gasteiger partial charge in [0.15, 0.2) is 6.10 Å². The van der Waals surface area contributed by atoms with Gasteiger partial charge in [0.05, 0.1) is 12.1 Å². The van der Waals surface area contributed by atoms with Crippen molar-refractivity contribution in [2.45, 2.75) is 58.1 Å². The van der Waals surface area contributed by atoms with E-state index in [4.69, 9.17) is 4.74 Å². The summed E-state index contributed by atoms with van der Waals surface area (Å²) in [7, 11) is 0. The van der Waals surface area contributed by atoms with Crippen molar-refractivity contribution in [2.75, 3.05) is 5.32 Å². The molecule has 0 aromatic heterocycles. The molecule has 2 N–H and O–H groups in total. The number of ether oxygens (including phenoxy) is 1. The van der Waals surface area contributed by atoms with Crippen molar-refractivity contribution in [3.63, 3.8) is 0 Å². The molecule has 3 rings (SSSR count). The van der Waals surface area contributed by atoms with Gasteiger partial charge in [-0.2, -0.15) is 0 Å². The topological polar surface area (TPSA) is 67.4 Å². The molecule has 2 aliphatic rings. The van der Waals surface area contributed by atoms with E-state index >= 15 is 0 Å². The van der Waals surface area contributed by atoms with Crippen LogP contribution in [0.15, 0.2) is 18.2 Å². The smallest absolute Gasteiger partial charge is 0.266 e. The first-order valence-electron chi connectivity index (χ1n) is 8.40. The molecule has 2 amide bonds. The molecule has 1 aliphatic carbocycles. The van der Waals surface area contributed by atoms with Crippen LogP contribution in [-0.2, 0) is 9.59 Å². The van der Waals surface area contributed by atoms with E-state index in [9.17, 15) is 9.59 Å². The Kier molecular flexibility index (Phi) is 4.55. The van der Waals surface area contributed by atoms with Gasteiger partial charge in [-0.3, -0.25) is 9.59 Å². The van der Waals surface area contributed by atoms with Crippen LogP contribution in [-0.4, -0.2) is 24.0 Å². The zero-order valence-corrected chi connectivity index (χ0v) is 13.7. The summed E-state index contributed by atoms with van der Waals surface area (Å²) in [6.45, 7) is 4.13. The van der Waals surface area contributed by atoms with E-state index in [-0.39, 0.29) is 24.3 Å². The molecule has 1 aromatic carbocycles. The van der Waals surface area contributed by atoms with Crippen molar-refractivity contribution in [1.29, 1.82) is 0 Å². The van der Waals surface area contributed by atoms with Crippen LogP contribution in [0.25, 0.3) is 0 Å². The number of nitrogens with one attached hydrogen (secondary N) is 2. The highest BCUT2D eigenvalue weighted by Crippen LogP contribution is 2.31. The number of benzene rings is 1. The normalized spacial score (nSPS) is 26.7. The van der Waals surface area contributed by atoms with Crippen LogP contribution < -0.4 is 15.4 Å². The summed E-state index contributed by atoms with van der Waals surface area (Å²) in [4.78, 5) is 24.4. The summed E-state index contributed by atoms with van der Waals surface area (Å²) < 4.78 is 5.71. The predicted octanol–water partition coefficient (Wildman–Crippen LogP) is 2.78. The monoisotopic (exact) mass is 316 g/mol. The van der Waals surface area contributed by atoms with Gasteiger partial charge in [0.1, 0.15) is 5.75 Å². The van der Waals surface area contributed by atoms with Crippen molar-refractivity contribution in [1.82, 2.24) is 5.32 Å². The second kappa shape index (κ2) is 6.60. The molecule has 0 bridgehead atoms. The first kappa shape index (κ1) is 15.8. The third-order valence-electron chi connectivity index (χ3n) is 4.78. The summed E-state index contributed by atoms with van der Waals surface area (Å²) in [6.07, 6.45) is 3.86. The zero-order valence-electron chi connectivity index (χ0n) is 13.7. The predicted molar refractivity (Wildman–Crippen MR) is 88.4 cm³/mol. The summed E-state index contributed by atoms with van der Waals surface area (Å²) in [6, 6.07) is 5.85. The van der Waals surface area contributed by atoms with E-state index in [1.165, 1.54) is 6.42 Å². The summed E-state index contributed by atoms with van der Waals surface area (Å²) in [5.41, 5.74) is 1.72. The summed E-state index contributed by atoms with van der Waals surface area (Å²) in [5.74, 6) is 0.756. The van der Waals surface area contributed by atoms with Crippen LogP contribution in [0, 0.1) is 12.8 Å². The molecule has 1 saturated carbocycles. The van der Waals surface area contributed by atoms with Crippen molar-refractivity contribution >= 4 is 17.5 Å². The molecule has 1 aromatic rings. The van der Waals surface area contributed by atoms with E-state index in [0.29, 0.717) is 17.4 Å². The van der Waals surface area contributed by atoms with Gasteiger partial charge in [-0.25, -0.2) is 0 Å². The van der Waals surface area contributed by atoms with Crippen LogP contribution >= 0.6 is 0 Å². The average Bonchev–Trinajstić information content (AvgIpc) is 2.50. The average molecular weight is 316 g/mol. The third kappa shape index (κ3) is 3.66. The van der Waals surface area contributed by atoms with Crippen molar-refractivity contribution in [2.24, 2.45) is 5.92 Å². The van der Waals surface area contributed by atoms with Crippen LogP contribution in [0.5, 0.6) is 5.75 Å². The standard InChI is InChI=1S/C18H24N2O3/c1-11-7-8-15-14(9-11)20-18(22)16(23-15)10-17(21)19-13-6-4-3-5-12(13)2/h7-9,12-13,16H,3-6,10H2,1-2H3,(H,19,21)(H,20,22)/t12-,13+,16+/m1/s1. The van der Waals surface area contributed by atoms with Crippen molar-refractivity contribution in [3.05, 3.63) is 23.8 Å². The van der Waals surface area contributed by atoms with Crippen LogP contribution in [0.2, 0.25) is 0 Å². The number of carbonyl (C=O) groups excluding carboxylic acids is 2. The lowest BCUT2D eigenvalue weighted by Gasteiger charge is -2.30. The van der Waals surface area contributed by atoms with Gasteiger partial charge in [0.2, 0.25) is 5.91 Å². The van der Waals surface area contributed by atoms with Crippen LogP contribution in [0.4, 0.5) is 5.69 Å². The lowest BCUT2D eigenvalue weighted by molar-refractivity contribution is -0.131. The quantitative estimate of drug-likeness (QED) is 0.901. The number of amides is 2. The Bertz CT molecular complexity index is 614. The Hall–Kier alpha value is -2.04. The van der Waals surface area contributed by atoms with E-state index < -0.39 is 6.10 Å². The Morgan fingerprint density at radius 1 is 1.35 bits per heavy atom. The van der Waals surface area contributed by atoms with E-state index in [1.54, 1.807) is 0 Å². The third-order valence-corrected chi connectivity index (χ3v) is 4.78. The maximum atomic E-state index is 12.3. The molecular formula is C18H24N2O3. The van der Waals surface area contributed by atoms with E-state index in [0.717, 1.165) is 24.8 Å². The Labute approximate surface area is 136 Å². The highest BCUT2D eigenvalue weighted by Gasteiger charge is 2.31. The molecule has 0 saturated heterocycles. The molecule has 5 nitrogen and oxygen atoms in total. The summed E-state index contributed by atoms with van der Waals surface area (Å²) in [5, 5.41) is 5.90. The molecule has 3 atom stereocenters. The molecule has 1 fully saturated rings. The molecule has 124 valence electrons. The largest absolute Gasteiger partial charge is 0.478 e. The first-order valence-corrected chi connectivity index (χ1v) is 8.40. The summed E-state index contributed by atoms with van der Waals surface area (Å²) >= 11 is 0. The number of aryl methyl sites for hydroxylation is 1. The molecule has 1 heterocycles. The number of carbonyl (C=O) groups is 2. The van der Waals surface area contributed by atoms with Crippen LogP contribution in [0.1, 0.15) is 44.6 Å². The second-order valence-electron chi connectivity index (χ2n) is 6.74. The molecule has 0 spiro atoms. The van der Waals surface area contributed by atoms with E-state index in [2.05, 4.69) is 17.6 Å². The highest BCUT2D eigenvalue weighted by molar-refractivity contribution is 6.00. The molecule has 5 heteroatoms. The Balaban J connectivity index is 1.60. The molecule has 1 aliphatic heterocycles. The van der Waals surface area contributed by atoms with E-state index in [1.807, 2.05) is 25.1 Å². The Morgan fingerprint density at radius 2 is 2.13 bits per heavy atom. The SMILES string of the molecule is Cc1ccc2c(c1)NC(=O)[C@H](CC(=O)N[C@H]1CCCC[C@H]1C)O2. The first-order chi connectivity index (χ1) is 11.0. The molecular weight excluding hydrogens is 292 g/mol. The lowest BCUT2D eigenvalue weighted by atomic mass is 9.86.